The monoisotopic (exact) mass is 539 g/mol. The van der Waals surface area contributed by atoms with Gasteiger partial charge >= 0.3 is 0 Å². The smallest absolute Gasteiger partial charge is 0.278 e. The lowest BCUT2D eigenvalue weighted by Crippen LogP contribution is -2.69. The number of aliphatic hydroxyl groups excluding tert-OH is 2. The molecule has 1 aliphatic carbocycles. The average Bonchev–Trinajstić information content (AvgIpc) is 3.33. The van der Waals surface area contributed by atoms with Crippen LogP contribution in [0.5, 0.6) is 0 Å². The van der Waals surface area contributed by atoms with Crippen LogP contribution in [0.4, 0.5) is 0 Å². The van der Waals surface area contributed by atoms with E-state index in [-0.39, 0.29) is 43.9 Å². The molecular weight excluding hydrogens is 500 g/mol. The number of imidazole rings is 1. The van der Waals surface area contributed by atoms with Gasteiger partial charge < -0.3 is 58.7 Å². The van der Waals surface area contributed by atoms with Crippen LogP contribution in [0.3, 0.4) is 0 Å². The van der Waals surface area contributed by atoms with Crippen LogP contribution < -0.4 is 32.9 Å². The Kier molecular flexibility index (Phi) is 12.1. The molecule has 3 amide bonds. The summed E-state index contributed by atoms with van der Waals surface area (Å²) in [7, 11) is 0. The van der Waals surface area contributed by atoms with Crippen LogP contribution in [0.25, 0.3) is 5.73 Å². The zero-order valence-corrected chi connectivity index (χ0v) is 21.2. The highest BCUT2D eigenvalue weighted by Crippen LogP contribution is 2.38. The van der Waals surface area contributed by atoms with Crippen molar-refractivity contribution in [2.75, 3.05) is 0 Å². The van der Waals surface area contributed by atoms with Gasteiger partial charge in [0, 0.05) is 36.2 Å². The van der Waals surface area contributed by atoms with E-state index < -0.39 is 66.6 Å². The van der Waals surface area contributed by atoms with Gasteiger partial charge in [0.05, 0.1) is 6.33 Å². The van der Waals surface area contributed by atoms with Crippen molar-refractivity contribution < 1.29 is 40.2 Å². The summed E-state index contributed by atoms with van der Waals surface area (Å²) in [4.78, 5) is 55.9. The van der Waals surface area contributed by atoms with Crippen molar-refractivity contribution in [1.29, 1.82) is 0 Å². The molecule has 0 aliphatic heterocycles. The lowest BCUT2D eigenvalue weighted by Gasteiger charge is -2.42. The topological polar surface area (TPSA) is 288 Å². The Morgan fingerprint density at radius 2 is 1.92 bits per heavy atom. The molecule has 38 heavy (non-hydrogen) atoms. The zero-order valence-electron chi connectivity index (χ0n) is 21.2. The number of carboxylic acids is 1. The summed E-state index contributed by atoms with van der Waals surface area (Å²) in [5, 5.41) is 35.5. The van der Waals surface area contributed by atoms with Crippen molar-refractivity contribution in [2.24, 2.45) is 29.2 Å². The molecule has 0 spiro atoms. The van der Waals surface area contributed by atoms with Crippen LogP contribution in [0.1, 0.15) is 50.6 Å². The highest BCUT2D eigenvalue weighted by Gasteiger charge is 2.42. The van der Waals surface area contributed by atoms with Crippen molar-refractivity contribution in [3.63, 3.8) is 0 Å². The Hall–Kier alpha value is -3.11. The van der Waals surface area contributed by atoms with Crippen molar-refractivity contribution in [1.82, 2.24) is 20.6 Å². The number of aromatic nitrogens is 2. The Balaban J connectivity index is 2.25. The Bertz CT molecular complexity index is 927. The lowest BCUT2D eigenvalue weighted by atomic mass is 9.68. The van der Waals surface area contributed by atoms with Crippen LogP contribution in [-0.2, 0) is 25.6 Å². The zero-order chi connectivity index (χ0) is 28.4. The average molecular weight is 540 g/mol. The maximum Gasteiger partial charge on any atom is 0.278 e. The highest BCUT2D eigenvalue weighted by molar-refractivity contribution is 5.88. The maximum atomic E-state index is 13.4. The molecule has 1 aliphatic rings. The summed E-state index contributed by atoms with van der Waals surface area (Å²) < 4.78 is 0. The third-order valence-electron chi connectivity index (χ3n) is 6.95. The van der Waals surface area contributed by atoms with E-state index in [0.29, 0.717) is 12.8 Å². The first kappa shape index (κ1) is 31.1. The fraction of sp³-hybridized carbons (Fsp3) is 0.696. The SMILES string of the molecule is [NH-]C(O)CCC([NH3+])C(=O)NC1C[C@H](Cc2cnc[nH]2)[C@@H](C(=O)NC(CCC(=O)[O-])C(N)=O)CC1CC(N)O. The molecule has 0 aromatic carbocycles. The summed E-state index contributed by atoms with van der Waals surface area (Å²) in [6.07, 6.45) is 1.22. The van der Waals surface area contributed by atoms with Gasteiger partial charge in [-0.2, -0.15) is 0 Å². The van der Waals surface area contributed by atoms with E-state index in [1.807, 2.05) is 0 Å². The van der Waals surface area contributed by atoms with Crippen molar-refractivity contribution >= 4 is 23.7 Å². The van der Waals surface area contributed by atoms with E-state index >= 15 is 0 Å². The molecule has 13 N–H and O–H groups in total. The normalized spacial score (nSPS) is 24.6. The second-order valence-corrected chi connectivity index (χ2v) is 9.96. The number of rotatable bonds is 15. The highest BCUT2D eigenvalue weighted by atomic mass is 16.4. The molecule has 15 nitrogen and oxygen atoms in total. The molecule has 1 heterocycles. The van der Waals surface area contributed by atoms with Gasteiger partial charge in [0.15, 0.2) is 6.04 Å². The van der Waals surface area contributed by atoms with Crippen LogP contribution in [-0.4, -0.2) is 74.5 Å². The van der Waals surface area contributed by atoms with Gasteiger partial charge in [-0.3, -0.25) is 14.4 Å². The number of primary amides is 1. The number of hydrogen-bond donors (Lipinski definition) is 8. The van der Waals surface area contributed by atoms with E-state index in [0.717, 1.165) is 5.69 Å². The lowest BCUT2D eigenvalue weighted by molar-refractivity contribution is -0.405. The molecule has 0 saturated heterocycles. The van der Waals surface area contributed by atoms with E-state index in [9.17, 15) is 34.5 Å². The summed E-state index contributed by atoms with van der Waals surface area (Å²) >= 11 is 0. The molecule has 8 atom stereocenters. The molecule has 1 fully saturated rings. The van der Waals surface area contributed by atoms with Crippen molar-refractivity contribution in [3.05, 3.63) is 24.0 Å². The molecule has 214 valence electrons. The van der Waals surface area contributed by atoms with Gasteiger partial charge in [-0.15, -0.1) is 0 Å². The fourth-order valence-corrected chi connectivity index (χ4v) is 4.96. The molecular formula is C23H39N8O7-. The number of aromatic amines is 1. The minimum Gasteiger partial charge on any atom is -0.652 e. The quantitative estimate of drug-likeness (QED) is 0.101. The number of carbonyl (C=O) groups excluding carboxylic acids is 4. The first-order valence-corrected chi connectivity index (χ1v) is 12.6. The Labute approximate surface area is 220 Å². The number of carboxylic acid groups (broad SMARTS) is 1. The number of quaternary nitrogens is 1. The number of hydrogen-bond acceptors (Lipinski definition) is 9. The van der Waals surface area contributed by atoms with Crippen LogP contribution in [0.2, 0.25) is 0 Å². The molecule has 6 unspecified atom stereocenters. The summed E-state index contributed by atoms with van der Waals surface area (Å²) in [6, 6.07) is -2.39. The number of amides is 3. The summed E-state index contributed by atoms with van der Waals surface area (Å²) in [5.74, 6) is -4.55. The van der Waals surface area contributed by atoms with Crippen LogP contribution in [0.15, 0.2) is 12.5 Å². The second kappa shape index (κ2) is 14.7. The number of aliphatic carboxylic acids is 1. The number of nitrogens with zero attached hydrogens (tertiary/aromatic N) is 1. The van der Waals surface area contributed by atoms with Crippen molar-refractivity contribution in [3.8, 4) is 0 Å². The summed E-state index contributed by atoms with van der Waals surface area (Å²) in [5.41, 5.74) is 22.8. The minimum absolute atomic E-state index is 0.0842. The Morgan fingerprint density at radius 1 is 1.21 bits per heavy atom. The van der Waals surface area contributed by atoms with Crippen molar-refractivity contribution in [2.45, 2.75) is 81.9 Å². The van der Waals surface area contributed by atoms with Gasteiger partial charge in [0.2, 0.25) is 11.8 Å². The standard InChI is InChI=1S/C23H39N8O7/c24-15(1-3-18(25)32)23(38)31-17-7-11(5-13-9-28-10-29-13)14(6-12(17)8-19(26)33)22(37)30-16(21(27)36)2-4-20(34)35/h9-12,14-19,25,32-33H,1-8,24,26H2,(H2,27,36)(H,28,29)(H,30,37)(H,31,38)(H,34,35)/q-1/t11-,12?,14-,15?,16?,17?,18?,19?/m0/s1. The molecule has 2 rings (SSSR count). The number of nitrogens with two attached hydrogens (primary N) is 2. The third kappa shape index (κ3) is 9.98. The molecule has 1 aromatic rings. The third-order valence-corrected chi connectivity index (χ3v) is 6.95. The predicted octanol–water partition coefficient (Wildman–Crippen LogP) is -3.99. The van der Waals surface area contributed by atoms with E-state index in [1.165, 1.54) is 6.33 Å². The van der Waals surface area contributed by atoms with Gasteiger partial charge in [-0.05, 0) is 63.0 Å². The van der Waals surface area contributed by atoms with Crippen LogP contribution >= 0.6 is 0 Å². The fourth-order valence-electron chi connectivity index (χ4n) is 4.96. The molecule has 0 radical (unpaired) electrons. The van der Waals surface area contributed by atoms with Gasteiger partial charge in [-0.1, -0.05) is 0 Å². The molecule has 0 bridgehead atoms. The van der Waals surface area contributed by atoms with Gasteiger partial charge in [0.25, 0.3) is 5.91 Å². The summed E-state index contributed by atoms with van der Waals surface area (Å²) in [6.45, 7) is 0. The van der Waals surface area contributed by atoms with E-state index in [4.69, 9.17) is 17.2 Å². The Morgan fingerprint density at radius 3 is 2.47 bits per heavy atom. The largest absolute Gasteiger partial charge is 0.652 e. The molecule has 15 heteroatoms. The number of H-pyrrole nitrogens is 1. The number of aliphatic hydroxyl groups is 2. The maximum absolute atomic E-state index is 13.4. The second-order valence-electron chi connectivity index (χ2n) is 9.96. The van der Waals surface area contributed by atoms with Gasteiger partial charge in [0.1, 0.15) is 12.3 Å². The number of carbonyl (C=O) groups is 4. The molecule has 1 saturated carbocycles. The van der Waals surface area contributed by atoms with E-state index in [2.05, 4.69) is 26.3 Å². The first-order chi connectivity index (χ1) is 17.9. The predicted molar refractivity (Wildman–Crippen MR) is 130 cm³/mol. The van der Waals surface area contributed by atoms with E-state index in [1.54, 1.807) is 6.20 Å². The van der Waals surface area contributed by atoms with Crippen LogP contribution in [0, 0.1) is 17.8 Å². The van der Waals surface area contributed by atoms with Gasteiger partial charge in [-0.25, -0.2) is 4.98 Å². The molecule has 1 aromatic heterocycles. The minimum atomic E-state index is -1.38. The number of nitrogens with one attached hydrogen (secondary N) is 4. The first-order valence-electron chi connectivity index (χ1n) is 12.6.